The van der Waals surface area contributed by atoms with Crippen LogP contribution in [0.2, 0.25) is 0 Å². The predicted octanol–water partition coefficient (Wildman–Crippen LogP) is 1.01. The fraction of sp³-hybridized carbons (Fsp3) is 0.333. The molecule has 10 heteroatoms. The van der Waals surface area contributed by atoms with Crippen LogP contribution in [0, 0.1) is 5.41 Å². The topological polar surface area (TPSA) is 167 Å². The molecule has 10 nitrogen and oxygen atoms in total. The van der Waals surface area contributed by atoms with E-state index in [-0.39, 0.29) is 24.7 Å². The SMILES string of the molecule is N=C(N)c1ccc([C@@H]2C[C@H](CC(=O)NC(CC(=O)NCCc3ccccc3)C(=O)O)ON2)cc1. The van der Waals surface area contributed by atoms with Crippen molar-refractivity contribution in [3.8, 4) is 0 Å². The molecule has 1 fully saturated rings. The van der Waals surface area contributed by atoms with Gasteiger partial charge >= 0.3 is 5.97 Å². The fourth-order valence-electron chi connectivity index (χ4n) is 3.67. The summed E-state index contributed by atoms with van der Waals surface area (Å²) in [5, 5.41) is 22.0. The maximum absolute atomic E-state index is 12.4. The first-order valence-electron chi connectivity index (χ1n) is 11.0. The van der Waals surface area contributed by atoms with E-state index in [4.69, 9.17) is 16.0 Å². The van der Waals surface area contributed by atoms with Crippen molar-refractivity contribution in [1.29, 1.82) is 5.41 Å². The van der Waals surface area contributed by atoms with Gasteiger partial charge in [-0.1, -0.05) is 54.6 Å². The monoisotopic (exact) mass is 467 g/mol. The standard InChI is InChI=1S/C24H29N5O5/c25-23(26)17-8-6-16(7-9-17)19-12-18(34-29-19)13-22(31)28-20(24(32)33)14-21(30)27-11-10-15-4-2-1-3-5-15/h1-9,18-20,29H,10-14H2,(H3,25,26)(H,27,30)(H,28,31)(H,32,33)/t18-,19+,20?/m1/s1. The average Bonchev–Trinajstić information content (AvgIpc) is 3.27. The first-order valence-corrected chi connectivity index (χ1v) is 11.0. The molecule has 0 aliphatic carbocycles. The van der Waals surface area contributed by atoms with Crippen LogP contribution in [-0.4, -0.2) is 47.4 Å². The third-order valence-electron chi connectivity index (χ3n) is 5.51. The second-order valence-electron chi connectivity index (χ2n) is 8.13. The average molecular weight is 468 g/mol. The number of carboxylic acids is 1. The minimum absolute atomic E-state index is 0.0189. The van der Waals surface area contributed by atoms with Gasteiger partial charge in [-0.3, -0.25) is 19.8 Å². The highest BCUT2D eigenvalue weighted by molar-refractivity contribution is 5.94. The van der Waals surface area contributed by atoms with E-state index in [1.54, 1.807) is 12.1 Å². The Morgan fingerprint density at radius 1 is 1.12 bits per heavy atom. The number of amides is 2. The molecule has 2 aromatic carbocycles. The molecule has 0 saturated carbocycles. The van der Waals surface area contributed by atoms with E-state index < -0.39 is 29.9 Å². The van der Waals surface area contributed by atoms with Gasteiger partial charge in [-0.15, -0.1) is 0 Å². The Balaban J connectivity index is 1.43. The van der Waals surface area contributed by atoms with Crippen molar-refractivity contribution in [3.05, 3.63) is 71.3 Å². The van der Waals surface area contributed by atoms with Gasteiger partial charge in [-0.25, -0.2) is 4.79 Å². The summed E-state index contributed by atoms with van der Waals surface area (Å²) >= 11 is 0. The van der Waals surface area contributed by atoms with Crippen LogP contribution in [0.25, 0.3) is 0 Å². The number of benzene rings is 2. The Morgan fingerprint density at radius 3 is 2.47 bits per heavy atom. The Kier molecular flexibility index (Phi) is 8.72. The lowest BCUT2D eigenvalue weighted by molar-refractivity contribution is -0.144. The first kappa shape index (κ1) is 24.9. The van der Waals surface area contributed by atoms with Crippen LogP contribution in [0.3, 0.4) is 0 Å². The van der Waals surface area contributed by atoms with Gasteiger partial charge in [-0.05, 0) is 24.0 Å². The summed E-state index contributed by atoms with van der Waals surface area (Å²) in [5.74, 6) is -2.25. The lowest BCUT2D eigenvalue weighted by Gasteiger charge is -2.16. The molecule has 0 bridgehead atoms. The number of carbonyl (C=O) groups excluding carboxylic acids is 2. The molecular weight excluding hydrogens is 438 g/mol. The quantitative estimate of drug-likeness (QED) is 0.212. The number of rotatable bonds is 11. The number of carbonyl (C=O) groups is 3. The van der Waals surface area contributed by atoms with Crippen LogP contribution >= 0.6 is 0 Å². The highest BCUT2D eigenvalue weighted by Crippen LogP contribution is 2.27. The summed E-state index contributed by atoms with van der Waals surface area (Å²) < 4.78 is 0. The lowest BCUT2D eigenvalue weighted by Crippen LogP contribution is -2.45. The van der Waals surface area contributed by atoms with E-state index in [0.717, 1.165) is 11.1 Å². The number of nitrogens with one attached hydrogen (secondary N) is 4. The van der Waals surface area contributed by atoms with Crippen LogP contribution in [0.1, 0.15) is 42.0 Å². The van der Waals surface area contributed by atoms with Gasteiger partial charge in [0.15, 0.2) is 0 Å². The van der Waals surface area contributed by atoms with Crippen molar-refractivity contribution in [3.63, 3.8) is 0 Å². The van der Waals surface area contributed by atoms with E-state index in [9.17, 15) is 19.5 Å². The molecule has 7 N–H and O–H groups in total. The second-order valence-corrected chi connectivity index (χ2v) is 8.13. The van der Waals surface area contributed by atoms with Crippen molar-refractivity contribution in [2.45, 2.75) is 43.9 Å². The maximum Gasteiger partial charge on any atom is 0.326 e. The van der Waals surface area contributed by atoms with Crippen molar-refractivity contribution >= 4 is 23.6 Å². The van der Waals surface area contributed by atoms with Gasteiger partial charge in [0, 0.05) is 12.1 Å². The largest absolute Gasteiger partial charge is 0.480 e. The summed E-state index contributed by atoms with van der Waals surface area (Å²) in [4.78, 5) is 41.6. The molecule has 2 aromatic rings. The van der Waals surface area contributed by atoms with Crippen LogP contribution < -0.4 is 21.8 Å². The summed E-state index contributed by atoms with van der Waals surface area (Å²) in [6, 6.07) is 15.3. The number of hydrogen-bond acceptors (Lipinski definition) is 6. The number of amidine groups is 1. The third kappa shape index (κ3) is 7.39. The summed E-state index contributed by atoms with van der Waals surface area (Å²) in [6.07, 6.45) is 0.275. The molecule has 0 aromatic heterocycles. The van der Waals surface area contributed by atoms with Crippen LogP contribution in [-0.2, 0) is 25.6 Å². The Bertz CT molecular complexity index is 1010. The summed E-state index contributed by atoms with van der Waals surface area (Å²) in [7, 11) is 0. The highest BCUT2D eigenvalue weighted by atomic mass is 16.7. The predicted molar refractivity (Wildman–Crippen MR) is 125 cm³/mol. The van der Waals surface area contributed by atoms with Crippen molar-refractivity contribution in [1.82, 2.24) is 16.1 Å². The molecular formula is C24H29N5O5. The number of aliphatic carboxylic acids is 1. The fourth-order valence-corrected chi connectivity index (χ4v) is 3.67. The van der Waals surface area contributed by atoms with E-state index in [1.807, 2.05) is 42.5 Å². The number of hydrogen-bond donors (Lipinski definition) is 6. The molecule has 2 amide bonds. The summed E-state index contributed by atoms with van der Waals surface area (Å²) in [6.45, 7) is 0.375. The molecule has 1 saturated heterocycles. The normalized spacial score (nSPS) is 18.1. The van der Waals surface area contributed by atoms with E-state index in [2.05, 4.69) is 16.1 Å². The molecule has 180 valence electrons. The van der Waals surface area contributed by atoms with Crippen LogP contribution in [0.5, 0.6) is 0 Å². The minimum atomic E-state index is -1.33. The van der Waals surface area contributed by atoms with E-state index in [0.29, 0.717) is 24.9 Å². The number of hydroxylamine groups is 1. The summed E-state index contributed by atoms with van der Waals surface area (Å²) in [5.41, 5.74) is 10.9. The molecule has 3 rings (SSSR count). The van der Waals surface area contributed by atoms with E-state index in [1.165, 1.54) is 0 Å². The van der Waals surface area contributed by atoms with Crippen LogP contribution in [0.4, 0.5) is 0 Å². The molecule has 0 radical (unpaired) electrons. The van der Waals surface area contributed by atoms with Crippen molar-refractivity contribution in [2.24, 2.45) is 5.73 Å². The van der Waals surface area contributed by atoms with Crippen molar-refractivity contribution < 1.29 is 24.3 Å². The van der Waals surface area contributed by atoms with Gasteiger partial charge in [0.05, 0.1) is 25.0 Å². The molecule has 0 spiro atoms. The van der Waals surface area contributed by atoms with Gasteiger partial charge in [0.1, 0.15) is 11.9 Å². The smallest absolute Gasteiger partial charge is 0.326 e. The Hall–Kier alpha value is -3.76. The molecule has 1 heterocycles. The van der Waals surface area contributed by atoms with Gasteiger partial charge in [0.25, 0.3) is 0 Å². The zero-order valence-electron chi connectivity index (χ0n) is 18.6. The van der Waals surface area contributed by atoms with Crippen molar-refractivity contribution in [2.75, 3.05) is 6.54 Å². The van der Waals surface area contributed by atoms with Crippen LogP contribution in [0.15, 0.2) is 54.6 Å². The Morgan fingerprint density at radius 2 is 1.82 bits per heavy atom. The molecule has 34 heavy (non-hydrogen) atoms. The lowest BCUT2D eigenvalue weighted by atomic mass is 9.99. The van der Waals surface area contributed by atoms with Gasteiger partial charge in [-0.2, -0.15) is 5.48 Å². The zero-order valence-corrected chi connectivity index (χ0v) is 18.6. The molecule has 1 unspecified atom stereocenters. The van der Waals surface area contributed by atoms with E-state index >= 15 is 0 Å². The first-order chi connectivity index (χ1) is 16.3. The number of carboxylic acid groups (broad SMARTS) is 1. The highest BCUT2D eigenvalue weighted by Gasteiger charge is 2.30. The molecule has 1 aliphatic rings. The molecule has 3 atom stereocenters. The van der Waals surface area contributed by atoms with Gasteiger partial charge in [0.2, 0.25) is 11.8 Å². The second kappa shape index (κ2) is 11.9. The maximum atomic E-state index is 12.4. The molecule has 1 aliphatic heterocycles. The van der Waals surface area contributed by atoms with Gasteiger partial charge < -0.3 is 21.5 Å². The minimum Gasteiger partial charge on any atom is -0.480 e. The third-order valence-corrected chi connectivity index (χ3v) is 5.51. The number of nitrogen functional groups attached to an aromatic ring is 1. The Labute approximate surface area is 197 Å². The zero-order chi connectivity index (χ0) is 24.5. The number of nitrogens with two attached hydrogens (primary N) is 1.